The maximum absolute atomic E-state index is 12.8. The number of allylic oxidation sites excluding steroid dienone is 2. The number of hydrogen-bond acceptors (Lipinski definition) is 4. The lowest BCUT2D eigenvalue weighted by atomic mass is 10.1. The highest BCUT2D eigenvalue weighted by atomic mass is 16.3. The molecule has 2 aromatic rings. The van der Waals surface area contributed by atoms with Crippen LogP contribution in [0.3, 0.4) is 0 Å². The first-order valence-electron chi connectivity index (χ1n) is 9.25. The number of imide groups is 2. The highest BCUT2D eigenvalue weighted by Crippen LogP contribution is 2.21. The standard InChI is InChI=1S/C22H22N2O4/c1-2-3-14-23-20(25)19(13-7-11-17-9-5-4-6-10-17)21(26)24(22(23)27)16-18-12-8-15-28-18/h4-13,15H,2-3,14,16H2,1H3/b11-7+,19-13-. The topological polar surface area (TPSA) is 70.8 Å². The number of urea groups is 1. The van der Waals surface area contributed by atoms with Gasteiger partial charge < -0.3 is 4.42 Å². The second-order valence-corrected chi connectivity index (χ2v) is 6.41. The van der Waals surface area contributed by atoms with Crippen molar-refractivity contribution in [1.29, 1.82) is 0 Å². The third-order valence-electron chi connectivity index (χ3n) is 4.39. The number of nitrogens with zero attached hydrogens (tertiary/aromatic N) is 2. The summed E-state index contributed by atoms with van der Waals surface area (Å²) in [5, 5.41) is 0. The molecular weight excluding hydrogens is 356 g/mol. The van der Waals surface area contributed by atoms with Gasteiger partial charge in [-0.3, -0.25) is 19.4 Å². The van der Waals surface area contributed by atoms with Gasteiger partial charge in [-0.05, 0) is 30.2 Å². The van der Waals surface area contributed by atoms with Crippen LogP contribution in [0.5, 0.6) is 0 Å². The van der Waals surface area contributed by atoms with Crippen LogP contribution in [-0.4, -0.2) is 34.2 Å². The normalized spacial score (nSPS) is 16.6. The molecule has 28 heavy (non-hydrogen) atoms. The van der Waals surface area contributed by atoms with E-state index in [2.05, 4.69) is 0 Å². The molecule has 4 amide bonds. The van der Waals surface area contributed by atoms with Crippen molar-refractivity contribution >= 4 is 23.9 Å². The zero-order chi connectivity index (χ0) is 19.9. The van der Waals surface area contributed by atoms with Gasteiger partial charge >= 0.3 is 6.03 Å². The van der Waals surface area contributed by atoms with E-state index in [1.165, 1.54) is 12.3 Å². The number of amides is 4. The van der Waals surface area contributed by atoms with Gasteiger partial charge in [0.1, 0.15) is 11.3 Å². The Labute approximate surface area is 163 Å². The Morgan fingerprint density at radius 2 is 1.71 bits per heavy atom. The van der Waals surface area contributed by atoms with Crippen molar-refractivity contribution < 1.29 is 18.8 Å². The number of hydrogen-bond donors (Lipinski definition) is 0. The Balaban J connectivity index is 1.88. The Morgan fingerprint density at radius 1 is 0.964 bits per heavy atom. The fraction of sp³-hybridized carbons (Fsp3) is 0.227. The molecule has 1 fully saturated rings. The van der Waals surface area contributed by atoms with Crippen LogP contribution in [0.4, 0.5) is 4.79 Å². The molecule has 0 aliphatic carbocycles. The van der Waals surface area contributed by atoms with Crippen molar-refractivity contribution in [2.45, 2.75) is 26.3 Å². The maximum Gasteiger partial charge on any atom is 0.334 e. The molecule has 144 valence electrons. The number of unbranched alkanes of at least 4 members (excludes halogenated alkanes) is 1. The maximum atomic E-state index is 12.8. The molecule has 0 unspecified atom stereocenters. The number of benzene rings is 1. The third kappa shape index (κ3) is 4.28. The van der Waals surface area contributed by atoms with Gasteiger partial charge in [-0.15, -0.1) is 0 Å². The van der Waals surface area contributed by atoms with Crippen LogP contribution in [-0.2, 0) is 16.1 Å². The minimum absolute atomic E-state index is 0.0136. The average molecular weight is 378 g/mol. The minimum Gasteiger partial charge on any atom is -0.467 e. The Kier molecular flexibility index (Phi) is 6.22. The predicted octanol–water partition coefficient (Wildman–Crippen LogP) is 4.01. The van der Waals surface area contributed by atoms with Crippen molar-refractivity contribution in [2.75, 3.05) is 6.54 Å². The van der Waals surface area contributed by atoms with E-state index < -0.39 is 17.8 Å². The number of carbonyl (C=O) groups excluding carboxylic acids is 3. The first-order chi connectivity index (χ1) is 13.6. The van der Waals surface area contributed by atoms with E-state index in [0.29, 0.717) is 12.2 Å². The third-order valence-corrected chi connectivity index (χ3v) is 4.39. The molecule has 1 aromatic heterocycles. The molecule has 0 spiro atoms. The summed E-state index contributed by atoms with van der Waals surface area (Å²) in [6.45, 7) is 2.24. The Bertz CT molecular complexity index is 898. The van der Waals surface area contributed by atoms with Gasteiger partial charge in [-0.25, -0.2) is 4.79 Å². The average Bonchev–Trinajstić information content (AvgIpc) is 3.22. The first-order valence-corrected chi connectivity index (χ1v) is 9.25. The SMILES string of the molecule is CCCCN1C(=O)/C(=C/C=C/c2ccccc2)C(=O)N(Cc2ccco2)C1=O. The van der Waals surface area contributed by atoms with E-state index in [4.69, 9.17) is 4.42 Å². The van der Waals surface area contributed by atoms with Crippen LogP contribution in [0.15, 0.2) is 70.9 Å². The summed E-state index contributed by atoms with van der Waals surface area (Å²) < 4.78 is 5.27. The molecule has 1 aliphatic rings. The molecule has 6 heteroatoms. The number of carbonyl (C=O) groups is 3. The second-order valence-electron chi connectivity index (χ2n) is 6.41. The van der Waals surface area contributed by atoms with Gasteiger partial charge in [0.15, 0.2) is 0 Å². The summed E-state index contributed by atoms with van der Waals surface area (Å²) in [4.78, 5) is 40.6. The smallest absolute Gasteiger partial charge is 0.334 e. The molecule has 0 saturated carbocycles. The van der Waals surface area contributed by atoms with Crippen molar-refractivity contribution in [3.05, 3.63) is 77.8 Å². The fourth-order valence-electron chi connectivity index (χ4n) is 2.88. The zero-order valence-corrected chi connectivity index (χ0v) is 15.7. The summed E-state index contributed by atoms with van der Waals surface area (Å²) in [5.41, 5.74) is 0.913. The highest BCUT2D eigenvalue weighted by Gasteiger charge is 2.41. The fourth-order valence-corrected chi connectivity index (χ4v) is 2.88. The van der Waals surface area contributed by atoms with E-state index in [-0.39, 0.29) is 18.7 Å². The zero-order valence-electron chi connectivity index (χ0n) is 15.7. The lowest BCUT2D eigenvalue weighted by molar-refractivity contribution is -0.136. The molecule has 1 aromatic carbocycles. The van der Waals surface area contributed by atoms with Crippen molar-refractivity contribution in [3.8, 4) is 0 Å². The van der Waals surface area contributed by atoms with E-state index in [1.807, 2.05) is 37.3 Å². The molecule has 1 saturated heterocycles. The van der Waals surface area contributed by atoms with Crippen molar-refractivity contribution in [1.82, 2.24) is 9.80 Å². The van der Waals surface area contributed by atoms with E-state index in [0.717, 1.165) is 21.8 Å². The number of rotatable bonds is 7. The Morgan fingerprint density at radius 3 is 2.39 bits per heavy atom. The van der Waals surface area contributed by atoms with Crippen LogP contribution in [0.25, 0.3) is 6.08 Å². The van der Waals surface area contributed by atoms with Crippen molar-refractivity contribution in [3.63, 3.8) is 0 Å². The van der Waals surface area contributed by atoms with E-state index in [9.17, 15) is 14.4 Å². The highest BCUT2D eigenvalue weighted by molar-refractivity contribution is 6.28. The minimum atomic E-state index is -0.614. The van der Waals surface area contributed by atoms with Crippen molar-refractivity contribution in [2.24, 2.45) is 0 Å². The Hall–Kier alpha value is -3.41. The molecular formula is C22H22N2O4. The second kappa shape index (κ2) is 8.99. The largest absolute Gasteiger partial charge is 0.467 e. The van der Waals surface area contributed by atoms with Gasteiger partial charge in [0.2, 0.25) is 0 Å². The molecule has 0 bridgehead atoms. The summed E-state index contributed by atoms with van der Waals surface area (Å²) in [6.07, 6.45) is 7.91. The predicted molar refractivity (Wildman–Crippen MR) is 105 cm³/mol. The quantitative estimate of drug-likeness (QED) is 0.539. The molecule has 1 aliphatic heterocycles. The molecule has 0 N–H and O–H groups in total. The van der Waals surface area contributed by atoms with Crippen LogP contribution in [0.2, 0.25) is 0 Å². The lowest BCUT2D eigenvalue weighted by Gasteiger charge is -2.33. The van der Waals surface area contributed by atoms with Gasteiger partial charge in [-0.2, -0.15) is 0 Å². The van der Waals surface area contributed by atoms with Gasteiger partial charge in [0.25, 0.3) is 11.8 Å². The molecule has 2 heterocycles. The van der Waals surface area contributed by atoms with Gasteiger partial charge in [0, 0.05) is 6.54 Å². The summed E-state index contributed by atoms with van der Waals surface area (Å²) >= 11 is 0. The summed E-state index contributed by atoms with van der Waals surface area (Å²) in [7, 11) is 0. The lowest BCUT2D eigenvalue weighted by Crippen LogP contribution is -2.56. The van der Waals surface area contributed by atoms with Crippen LogP contribution >= 0.6 is 0 Å². The van der Waals surface area contributed by atoms with E-state index >= 15 is 0 Å². The molecule has 3 rings (SSSR count). The van der Waals surface area contributed by atoms with E-state index in [1.54, 1.807) is 24.3 Å². The van der Waals surface area contributed by atoms with Gasteiger partial charge in [0.05, 0.1) is 12.8 Å². The molecule has 6 nitrogen and oxygen atoms in total. The van der Waals surface area contributed by atoms with Crippen LogP contribution < -0.4 is 0 Å². The van der Waals surface area contributed by atoms with Crippen LogP contribution in [0.1, 0.15) is 31.1 Å². The monoisotopic (exact) mass is 378 g/mol. The number of barbiturate groups is 1. The molecule has 0 atom stereocenters. The molecule has 0 radical (unpaired) electrons. The van der Waals surface area contributed by atoms with Gasteiger partial charge in [-0.1, -0.05) is 55.8 Å². The summed E-state index contributed by atoms with van der Waals surface area (Å²) in [6, 6.07) is 12.3. The number of furan rings is 1. The summed E-state index contributed by atoms with van der Waals surface area (Å²) in [5.74, 6) is -0.695. The van der Waals surface area contributed by atoms with Crippen LogP contribution in [0, 0.1) is 0 Å². The first kappa shape index (κ1) is 19.4.